The van der Waals surface area contributed by atoms with Gasteiger partial charge in [0.1, 0.15) is 0 Å². The first-order chi connectivity index (χ1) is 11.9. The summed E-state index contributed by atoms with van der Waals surface area (Å²) in [5.41, 5.74) is 0.720. The van der Waals surface area contributed by atoms with E-state index in [-0.39, 0.29) is 11.4 Å². The molecular weight excluding hydrogens is 328 g/mol. The van der Waals surface area contributed by atoms with Gasteiger partial charge < -0.3 is 0 Å². The van der Waals surface area contributed by atoms with E-state index >= 15 is 0 Å². The maximum Gasteiger partial charge on any atom is 0.243 e. The Morgan fingerprint density at radius 1 is 0.960 bits per heavy atom. The fraction of sp³-hybridized carbons (Fsp3) is 0.238. The summed E-state index contributed by atoms with van der Waals surface area (Å²) in [5.74, 6) is 0.529. The normalized spacial score (nSPS) is 17.2. The van der Waals surface area contributed by atoms with Crippen LogP contribution >= 0.6 is 11.8 Å². The monoisotopic (exact) mass is 348 g/mol. The van der Waals surface area contributed by atoms with Gasteiger partial charge in [0.05, 0.1) is 17.0 Å². The van der Waals surface area contributed by atoms with Crippen LogP contribution in [0.2, 0.25) is 0 Å². The lowest BCUT2D eigenvalue weighted by atomic mass is 10.00. The molecule has 1 saturated heterocycles. The highest BCUT2D eigenvalue weighted by molar-refractivity contribution is 8.15. The maximum atomic E-state index is 12.8. The highest BCUT2D eigenvalue weighted by Crippen LogP contribution is 2.39. The lowest BCUT2D eigenvalue weighted by molar-refractivity contribution is -0.115. The number of amides is 1. The number of fused-ring (bicyclic) bond motifs is 2. The molecule has 3 aromatic rings. The van der Waals surface area contributed by atoms with Crippen molar-refractivity contribution < 1.29 is 4.79 Å². The van der Waals surface area contributed by atoms with Crippen LogP contribution in [-0.4, -0.2) is 22.4 Å². The first-order valence-electron chi connectivity index (χ1n) is 8.40. The number of thioether (sulfide) groups is 1. The summed E-state index contributed by atoms with van der Waals surface area (Å²) in [6.07, 6.45) is 0. The van der Waals surface area contributed by atoms with Crippen LogP contribution in [0.4, 0.5) is 5.69 Å². The summed E-state index contributed by atoms with van der Waals surface area (Å²) in [5, 5.41) is 5.23. The highest BCUT2D eigenvalue weighted by Gasteiger charge is 2.33. The zero-order valence-electron chi connectivity index (χ0n) is 14.6. The van der Waals surface area contributed by atoms with Crippen molar-refractivity contribution in [3.8, 4) is 0 Å². The third kappa shape index (κ3) is 2.91. The van der Waals surface area contributed by atoms with E-state index in [1.54, 1.807) is 0 Å². The van der Waals surface area contributed by atoms with E-state index in [2.05, 4.69) is 51.1 Å². The number of amidine groups is 1. The molecule has 25 heavy (non-hydrogen) atoms. The number of hydrogen-bond acceptors (Lipinski definition) is 3. The van der Waals surface area contributed by atoms with Crippen molar-refractivity contribution in [2.75, 3.05) is 10.7 Å². The lowest BCUT2D eigenvalue weighted by Gasteiger charge is -2.23. The minimum Gasteiger partial charge on any atom is -0.273 e. The zero-order chi connectivity index (χ0) is 17.6. The fourth-order valence-electron chi connectivity index (χ4n) is 3.18. The van der Waals surface area contributed by atoms with E-state index in [9.17, 15) is 4.79 Å². The van der Waals surface area contributed by atoms with Gasteiger partial charge in [-0.2, -0.15) is 0 Å². The highest BCUT2D eigenvalue weighted by atomic mass is 32.2. The van der Waals surface area contributed by atoms with E-state index in [4.69, 9.17) is 4.99 Å². The SMILES string of the molecule is CC(C)(C)N=C1SCC(=O)N1c1c2ccccc2cc2ccccc12. The van der Waals surface area contributed by atoms with Gasteiger partial charge in [-0.3, -0.25) is 14.7 Å². The molecule has 0 unspecified atom stereocenters. The zero-order valence-corrected chi connectivity index (χ0v) is 15.4. The van der Waals surface area contributed by atoms with E-state index in [1.807, 2.05) is 29.2 Å². The summed E-state index contributed by atoms with van der Waals surface area (Å²) < 4.78 is 0. The molecular formula is C21H20N2OS. The maximum absolute atomic E-state index is 12.8. The second-order valence-electron chi connectivity index (χ2n) is 7.25. The van der Waals surface area contributed by atoms with Crippen molar-refractivity contribution in [2.24, 2.45) is 4.99 Å². The molecule has 0 N–H and O–H groups in total. The Balaban J connectivity index is 2.07. The van der Waals surface area contributed by atoms with Crippen molar-refractivity contribution in [3.63, 3.8) is 0 Å². The van der Waals surface area contributed by atoms with Crippen molar-refractivity contribution in [1.82, 2.24) is 0 Å². The van der Waals surface area contributed by atoms with Crippen LogP contribution in [0.25, 0.3) is 21.5 Å². The largest absolute Gasteiger partial charge is 0.273 e. The van der Waals surface area contributed by atoms with Gasteiger partial charge >= 0.3 is 0 Å². The first kappa shape index (κ1) is 16.2. The van der Waals surface area contributed by atoms with Crippen molar-refractivity contribution in [3.05, 3.63) is 54.6 Å². The van der Waals surface area contributed by atoms with Crippen LogP contribution in [0.5, 0.6) is 0 Å². The van der Waals surface area contributed by atoms with E-state index in [0.29, 0.717) is 5.75 Å². The van der Waals surface area contributed by atoms with Gasteiger partial charge in [-0.15, -0.1) is 0 Å². The molecule has 1 fully saturated rings. The quantitative estimate of drug-likeness (QED) is 0.564. The molecule has 0 aliphatic carbocycles. The summed E-state index contributed by atoms with van der Waals surface area (Å²) in [6.45, 7) is 6.17. The van der Waals surface area contributed by atoms with Gasteiger partial charge in [0.15, 0.2) is 5.17 Å². The number of rotatable bonds is 1. The van der Waals surface area contributed by atoms with Gasteiger partial charge in [0.2, 0.25) is 5.91 Å². The molecule has 1 aliphatic rings. The average Bonchev–Trinajstić information content (AvgIpc) is 2.91. The number of hydrogen-bond donors (Lipinski definition) is 0. The van der Waals surface area contributed by atoms with Crippen LogP contribution in [-0.2, 0) is 4.79 Å². The third-order valence-corrected chi connectivity index (χ3v) is 5.09. The van der Waals surface area contributed by atoms with E-state index < -0.39 is 0 Å². The predicted molar refractivity (Wildman–Crippen MR) is 109 cm³/mol. The standard InChI is InChI=1S/C21H20N2OS/c1-21(2,3)22-20-23(18(24)13-25-20)19-16-10-6-4-8-14(16)12-15-9-5-7-11-17(15)19/h4-12H,13H2,1-3H3. The Hall–Kier alpha value is -2.33. The first-order valence-corrected chi connectivity index (χ1v) is 9.39. The molecule has 3 aromatic carbocycles. The van der Waals surface area contributed by atoms with Gasteiger partial charge in [0.25, 0.3) is 0 Å². The molecule has 0 saturated carbocycles. The van der Waals surface area contributed by atoms with Crippen molar-refractivity contribution >= 4 is 50.1 Å². The molecule has 0 atom stereocenters. The van der Waals surface area contributed by atoms with E-state index in [0.717, 1.165) is 32.4 Å². The second-order valence-corrected chi connectivity index (χ2v) is 8.19. The predicted octanol–water partition coefficient (Wildman–Crippen LogP) is 5.23. The molecule has 0 bridgehead atoms. The Labute approximate surface area is 151 Å². The molecule has 0 radical (unpaired) electrons. The molecule has 3 nitrogen and oxygen atoms in total. The Bertz CT molecular complexity index is 963. The second kappa shape index (κ2) is 5.88. The smallest absolute Gasteiger partial charge is 0.243 e. The number of nitrogens with zero attached hydrogens (tertiary/aromatic N) is 2. The van der Waals surface area contributed by atoms with Gasteiger partial charge in [-0.1, -0.05) is 60.3 Å². The summed E-state index contributed by atoms with van der Waals surface area (Å²) in [4.78, 5) is 19.4. The van der Waals surface area contributed by atoms with Crippen LogP contribution in [0.1, 0.15) is 20.8 Å². The van der Waals surface area contributed by atoms with Crippen LogP contribution in [0, 0.1) is 0 Å². The van der Waals surface area contributed by atoms with Gasteiger partial charge in [0, 0.05) is 10.8 Å². The molecule has 4 rings (SSSR count). The Morgan fingerprint density at radius 3 is 2.08 bits per heavy atom. The third-order valence-electron chi connectivity index (χ3n) is 4.16. The van der Waals surface area contributed by atoms with Gasteiger partial charge in [-0.05, 0) is 37.6 Å². The molecule has 0 aromatic heterocycles. The molecule has 1 amide bonds. The minimum atomic E-state index is -0.231. The number of anilines is 1. The molecule has 1 aliphatic heterocycles. The molecule has 0 spiro atoms. The number of benzene rings is 3. The van der Waals surface area contributed by atoms with Crippen LogP contribution < -0.4 is 4.90 Å². The van der Waals surface area contributed by atoms with Gasteiger partial charge in [-0.25, -0.2) is 0 Å². The lowest BCUT2D eigenvalue weighted by Crippen LogP contribution is -2.31. The Morgan fingerprint density at radius 2 is 1.52 bits per heavy atom. The number of carbonyl (C=O) groups is 1. The number of carbonyl (C=O) groups excluding carboxylic acids is 1. The van der Waals surface area contributed by atoms with Crippen LogP contribution in [0.15, 0.2) is 59.6 Å². The fourth-order valence-corrected chi connectivity index (χ4v) is 4.22. The summed E-state index contributed by atoms with van der Waals surface area (Å²) in [6, 6.07) is 18.7. The van der Waals surface area contributed by atoms with E-state index in [1.165, 1.54) is 11.8 Å². The molecule has 126 valence electrons. The summed E-state index contributed by atoms with van der Waals surface area (Å²) >= 11 is 1.52. The minimum absolute atomic E-state index is 0.0921. The Kier molecular flexibility index (Phi) is 3.80. The van der Waals surface area contributed by atoms with Crippen molar-refractivity contribution in [1.29, 1.82) is 0 Å². The topological polar surface area (TPSA) is 32.7 Å². The molecule has 1 heterocycles. The number of aliphatic imine (C=N–C) groups is 1. The summed E-state index contributed by atoms with van der Waals surface area (Å²) in [7, 11) is 0. The average molecular weight is 348 g/mol. The van der Waals surface area contributed by atoms with Crippen LogP contribution in [0.3, 0.4) is 0 Å². The molecule has 4 heteroatoms. The van der Waals surface area contributed by atoms with Crippen molar-refractivity contribution in [2.45, 2.75) is 26.3 Å².